The van der Waals surface area contributed by atoms with E-state index in [1.54, 1.807) is 6.07 Å². The fourth-order valence-electron chi connectivity index (χ4n) is 1.36. The van der Waals surface area contributed by atoms with Crippen LogP contribution < -0.4 is 0 Å². The lowest BCUT2D eigenvalue weighted by Crippen LogP contribution is -2.09. The topological polar surface area (TPSA) is 42.9 Å². The number of benzene rings is 1. The van der Waals surface area contributed by atoms with Gasteiger partial charge in [-0.05, 0) is 17.7 Å². The minimum absolute atomic E-state index is 0.0243. The first-order valence-electron chi connectivity index (χ1n) is 4.91. The number of rotatable bonds is 3. The number of hydrogen-bond donors (Lipinski definition) is 0. The van der Waals surface area contributed by atoms with E-state index < -0.39 is 17.4 Å². The van der Waals surface area contributed by atoms with Crippen LogP contribution in [0.1, 0.15) is 16.2 Å². The molecule has 0 fully saturated rings. The molecule has 0 aliphatic rings. The van der Waals surface area contributed by atoms with Crippen LogP contribution in [0, 0.1) is 11.6 Å². The molecule has 3 nitrogen and oxygen atoms in total. The van der Waals surface area contributed by atoms with E-state index in [-0.39, 0.29) is 17.8 Å². The first kappa shape index (κ1) is 11.3. The van der Waals surface area contributed by atoms with Crippen molar-refractivity contribution in [1.29, 1.82) is 0 Å². The Kier molecular flexibility index (Phi) is 3.18. The molecule has 0 saturated heterocycles. The van der Waals surface area contributed by atoms with Crippen molar-refractivity contribution in [2.75, 3.05) is 0 Å². The molecule has 0 N–H and O–H groups in total. The van der Waals surface area contributed by atoms with E-state index in [2.05, 4.69) is 9.97 Å². The van der Waals surface area contributed by atoms with Gasteiger partial charge in [-0.25, -0.2) is 18.7 Å². The average Bonchev–Trinajstić information content (AvgIpc) is 2.34. The van der Waals surface area contributed by atoms with Crippen molar-refractivity contribution in [1.82, 2.24) is 9.97 Å². The van der Waals surface area contributed by atoms with Gasteiger partial charge in [-0.2, -0.15) is 0 Å². The highest BCUT2D eigenvalue weighted by molar-refractivity contribution is 5.93. The van der Waals surface area contributed by atoms with Gasteiger partial charge in [0.15, 0.2) is 5.82 Å². The zero-order chi connectivity index (χ0) is 12.3. The quantitative estimate of drug-likeness (QED) is 0.764. The summed E-state index contributed by atoms with van der Waals surface area (Å²) in [5, 5.41) is 0. The molecule has 1 aromatic carbocycles. The van der Waals surface area contributed by atoms with Crippen LogP contribution >= 0.6 is 0 Å². The zero-order valence-corrected chi connectivity index (χ0v) is 8.73. The van der Waals surface area contributed by atoms with Gasteiger partial charge in [0.1, 0.15) is 11.6 Å². The fraction of sp³-hybridized carbons (Fsp3) is 0.0833. The molecule has 0 unspecified atom stereocenters. The van der Waals surface area contributed by atoms with Crippen LogP contribution in [0.15, 0.2) is 36.7 Å². The third-order valence-electron chi connectivity index (χ3n) is 2.18. The van der Waals surface area contributed by atoms with Gasteiger partial charge in [0, 0.05) is 24.9 Å². The first-order chi connectivity index (χ1) is 8.16. The van der Waals surface area contributed by atoms with Crippen molar-refractivity contribution in [3.63, 3.8) is 0 Å². The van der Waals surface area contributed by atoms with E-state index in [0.717, 1.165) is 12.1 Å². The largest absolute Gasteiger partial charge is 0.290 e. The molecule has 0 amide bonds. The number of carbonyl (C=O) groups excluding carboxylic acids is 1. The monoisotopic (exact) mass is 234 g/mol. The summed E-state index contributed by atoms with van der Waals surface area (Å²) in [7, 11) is 0. The molecule has 2 rings (SSSR count). The lowest BCUT2D eigenvalue weighted by molar-refractivity contribution is 0.0981. The smallest absolute Gasteiger partial charge is 0.204 e. The highest BCUT2D eigenvalue weighted by Crippen LogP contribution is 2.11. The summed E-state index contributed by atoms with van der Waals surface area (Å²) >= 11 is 0. The Hall–Kier alpha value is -2.17. The van der Waals surface area contributed by atoms with Crippen LogP contribution in [0.5, 0.6) is 0 Å². The molecule has 0 atom stereocenters. The molecule has 0 aliphatic heterocycles. The standard InChI is InChI=1S/C12H8F2N2O/c13-9-3-2-8(10(14)7-9)6-11(17)12-15-4-1-5-16-12/h1-5,7H,6H2. The van der Waals surface area contributed by atoms with Gasteiger partial charge in [0.25, 0.3) is 0 Å². The van der Waals surface area contributed by atoms with Gasteiger partial charge in [-0.1, -0.05) is 6.07 Å². The van der Waals surface area contributed by atoms with Crippen LogP contribution in [0.3, 0.4) is 0 Å². The highest BCUT2D eigenvalue weighted by Gasteiger charge is 2.12. The zero-order valence-electron chi connectivity index (χ0n) is 8.73. The summed E-state index contributed by atoms with van der Waals surface area (Å²) in [6, 6.07) is 4.67. The maximum absolute atomic E-state index is 13.3. The predicted molar refractivity (Wildman–Crippen MR) is 56.4 cm³/mol. The summed E-state index contributed by atoms with van der Waals surface area (Å²) in [5.74, 6) is -1.80. The SMILES string of the molecule is O=C(Cc1ccc(F)cc1F)c1ncccn1. The molecule has 86 valence electrons. The number of halogens is 2. The van der Waals surface area contributed by atoms with Crippen molar-refractivity contribution in [3.05, 3.63) is 59.7 Å². The van der Waals surface area contributed by atoms with E-state index in [1.807, 2.05) is 0 Å². The fourth-order valence-corrected chi connectivity index (χ4v) is 1.36. The molecule has 5 heteroatoms. The van der Waals surface area contributed by atoms with Gasteiger partial charge >= 0.3 is 0 Å². The van der Waals surface area contributed by atoms with Crippen molar-refractivity contribution < 1.29 is 13.6 Å². The maximum Gasteiger partial charge on any atom is 0.204 e. The minimum Gasteiger partial charge on any atom is -0.290 e. The second kappa shape index (κ2) is 4.78. The molecule has 0 aliphatic carbocycles. The van der Waals surface area contributed by atoms with Gasteiger partial charge in [-0.3, -0.25) is 4.79 Å². The molecule has 0 spiro atoms. The van der Waals surface area contributed by atoms with E-state index in [1.165, 1.54) is 18.5 Å². The Balaban J connectivity index is 2.19. The number of carbonyl (C=O) groups is 1. The van der Waals surface area contributed by atoms with Gasteiger partial charge in [-0.15, -0.1) is 0 Å². The first-order valence-corrected chi connectivity index (χ1v) is 4.91. The Morgan fingerprint density at radius 3 is 2.53 bits per heavy atom. The lowest BCUT2D eigenvalue weighted by Gasteiger charge is -2.01. The summed E-state index contributed by atoms with van der Waals surface area (Å²) in [6.45, 7) is 0. The molecule has 0 radical (unpaired) electrons. The van der Waals surface area contributed by atoms with Crippen LogP contribution in [-0.4, -0.2) is 15.8 Å². The molecular weight excluding hydrogens is 226 g/mol. The highest BCUT2D eigenvalue weighted by atomic mass is 19.1. The van der Waals surface area contributed by atoms with Crippen LogP contribution in [0.25, 0.3) is 0 Å². The Labute approximate surface area is 96.2 Å². The van der Waals surface area contributed by atoms with Crippen molar-refractivity contribution >= 4 is 5.78 Å². The molecule has 0 bridgehead atoms. The van der Waals surface area contributed by atoms with E-state index in [9.17, 15) is 13.6 Å². The third-order valence-corrected chi connectivity index (χ3v) is 2.18. The molecular formula is C12H8F2N2O. The number of ketones is 1. The number of hydrogen-bond acceptors (Lipinski definition) is 3. The van der Waals surface area contributed by atoms with Crippen molar-refractivity contribution in [3.8, 4) is 0 Å². The second-order valence-corrected chi connectivity index (χ2v) is 3.41. The van der Waals surface area contributed by atoms with Crippen molar-refractivity contribution in [2.24, 2.45) is 0 Å². The van der Waals surface area contributed by atoms with E-state index in [4.69, 9.17) is 0 Å². The third kappa shape index (κ3) is 2.69. The lowest BCUT2D eigenvalue weighted by atomic mass is 10.1. The molecule has 17 heavy (non-hydrogen) atoms. The summed E-state index contributed by atoms with van der Waals surface area (Å²) < 4.78 is 26.0. The maximum atomic E-state index is 13.3. The molecule has 2 aromatic rings. The number of Topliss-reactive ketones (excluding diaryl/α,β-unsaturated/α-hetero) is 1. The van der Waals surface area contributed by atoms with Crippen LogP contribution in [0.2, 0.25) is 0 Å². The summed E-state index contributed by atoms with van der Waals surface area (Å²) in [4.78, 5) is 19.2. The predicted octanol–water partition coefficient (Wildman–Crippen LogP) is 2.18. The number of nitrogens with zero attached hydrogens (tertiary/aromatic N) is 2. The van der Waals surface area contributed by atoms with E-state index in [0.29, 0.717) is 0 Å². The number of aromatic nitrogens is 2. The molecule has 0 saturated carbocycles. The molecule has 1 aromatic heterocycles. The van der Waals surface area contributed by atoms with Crippen LogP contribution in [0.4, 0.5) is 8.78 Å². The molecule has 1 heterocycles. The average molecular weight is 234 g/mol. The minimum atomic E-state index is -0.741. The second-order valence-electron chi connectivity index (χ2n) is 3.41. The summed E-state index contributed by atoms with van der Waals surface area (Å²) in [6.07, 6.45) is 2.68. The Morgan fingerprint density at radius 2 is 1.88 bits per heavy atom. The normalized spacial score (nSPS) is 10.2. The van der Waals surface area contributed by atoms with Crippen LogP contribution in [-0.2, 0) is 6.42 Å². The Morgan fingerprint density at radius 1 is 1.18 bits per heavy atom. The summed E-state index contributed by atoms with van der Waals surface area (Å²) in [5.41, 5.74) is 0.129. The Bertz CT molecular complexity index is 543. The van der Waals surface area contributed by atoms with Gasteiger partial charge < -0.3 is 0 Å². The van der Waals surface area contributed by atoms with Gasteiger partial charge in [0.05, 0.1) is 0 Å². The van der Waals surface area contributed by atoms with E-state index >= 15 is 0 Å². The van der Waals surface area contributed by atoms with Crippen molar-refractivity contribution in [2.45, 2.75) is 6.42 Å². The van der Waals surface area contributed by atoms with Gasteiger partial charge in [0.2, 0.25) is 5.78 Å².